The fourth-order valence-corrected chi connectivity index (χ4v) is 2.16. The summed E-state index contributed by atoms with van der Waals surface area (Å²) in [6, 6.07) is 0. The summed E-state index contributed by atoms with van der Waals surface area (Å²) >= 11 is 0. The van der Waals surface area contributed by atoms with Crippen LogP contribution in [0.25, 0.3) is 0 Å². The Balaban J connectivity index is 2.82. The van der Waals surface area contributed by atoms with E-state index in [-0.39, 0.29) is 0 Å². The summed E-state index contributed by atoms with van der Waals surface area (Å²) in [6.07, 6.45) is 5.20. The molecule has 1 aliphatic rings. The van der Waals surface area contributed by atoms with Gasteiger partial charge in [0, 0.05) is 10.7 Å². The molecule has 0 N–H and O–H groups in total. The predicted molar refractivity (Wildman–Crippen MR) is 41.3 cm³/mol. The van der Waals surface area contributed by atoms with E-state index >= 15 is 0 Å². The van der Waals surface area contributed by atoms with Crippen LogP contribution >= 0.6 is 10.7 Å². The summed E-state index contributed by atoms with van der Waals surface area (Å²) < 4.78 is 21.4. The van der Waals surface area contributed by atoms with E-state index in [1.54, 1.807) is 6.08 Å². The van der Waals surface area contributed by atoms with E-state index < -0.39 is 9.05 Å². The monoisotopic (exact) mass is 180 g/mol. The molecular weight excluding hydrogens is 172 g/mol. The van der Waals surface area contributed by atoms with Crippen LogP contribution in [0.2, 0.25) is 0 Å². The van der Waals surface area contributed by atoms with Gasteiger partial charge in [-0.05, 0) is 25.7 Å². The molecule has 0 saturated heterocycles. The molecule has 0 atom stereocenters. The minimum atomic E-state index is -3.39. The van der Waals surface area contributed by atoms with Crippen LogP contribution in [-0.4, -0.2) is 8.42 Å². The lowest BCUT2D eigenvalue weighted by atomic mass is 10.1. The Morgan fingerprint density at radius 3 is 2.40 bits per heavy atom. The maximum absolute atomic E-state index is 10.7. The van der Waals surface area contributed by atoms with Gasteiger partial charge in [-0.3, -0.25) is 0 Å². The maximum atomic E-state index is 10.7. The van der Waals surface area contributed by atoms with Crippen LogP contribution in [0.3, 0.4) is 0 Å². The molecule has 0 aromatic carbocycles. The van der Waals surface area contributed by atoms with Crippen LogP contribution in [0.1, 0.15) is 25.7 Å². The molecule has 0 heterocycles. The maximum Gasteiger partial charge on any atom is 0.257 e. The summed E-state index contributed by atoms with van der Waals surface area (Å²) in [5.74, 6) is 0. The van der Waals surface area contributed by atoms with Crippen molar-refractivity contribution in [2.24, 2.45) is 0 Å². The first-order valence-corrected chi connectivity index (χ1v) is 5.55. The summed E-state index contributed by atoms with van der Waals surface area (Å²) in [4.78, 5) is 0.403. The fraction of sp³-hybridized carbons (Fsp3) is 0.667. The van der Waals surface area contributed by atoms with Gasteiger partial charge in [-0.15, -0.1) is 0 Å². The normalized spacial score (nSPS) is 20.3. The third-order valence-corrected chi connectivity index (χ3v) is 3.15. The van der Waals surface area contributed by atoms with E-state index in [4.69, 9.17) is 10.7 Å². The minimum absolute atomic E-state index is 0.403. The second-order valence-electron chi connectivity index (χ2n) is 2.35. The second-order valence-corrected chi connectivity index (χ2v) is 4.97. The van der Waals surface area contributed by atoms with Crippen molar-refractivity contribution in [3.8, 4) is 0 Å². The zero-order chi connectivity index (χ0) is 7.61. The summed E-state index contributed by atoms with van der Waals surface area (Å²) in [6.45, 7) is 0. The standard InChI is InChI=1S/C6H9ClO2S/c7-10(8,9)6-4-2-1-3-5-6/h4H,1-3,5H2. The first-order valence-electron chi connectivity index (χ1n) is 3.24. The van der Waals surface area contributed by atoms with Crippen LogP contribution in [0.5, 0.6) is 0 Å². The van der Waals surface area contributed by atoms with Crippen molar-refractivity contribution in [1.29, 1.82) is 0 Å². The molecule has 0 saturated carbocycles. The van der Waals surface area contributed by atoms with Gasteiger partial charge in [-0.1, -0.05) is 6.08 Å². The van der Waals surface area contributed by atoms with Crippen molar-refractivity contribution < 1.29 is 8.42 Å². The number of rotatable bonds is 1. The lowest BCUT2D eigenvalue weighted by Gasteiger charge is -2.07. The Labute approximate surface area is 65.3 Å². The van der Waals surface area contributed by atoms with E-state index in [2.05, 4.69) is 0 Å². The molecule has 1 rings (SSSR count). The zero-order valence-corrected chi connectivity index (χ0v) is 7.08. The quantitative estimate of drug-likeness (QED) is 0.579. The van der Waals surface area contributed by atoms with Gasteiger partial charge >= 0.3 is 0 Å². The van der Waals surface area contributed by atoms with Crippen molar-refractivity contribution in [3.63, 3.8) is 0 Å². The highest BCUT2D eigenvalue weighted by atomic mass is 35.7. The molecule has 0 unspecified atom stereocenters. The Morgan fingerprint density at radius 1 is 1.40 bits per heavy atom. The minimum Gasteiger partial charge on any atom is -0.207 e. The highest BCUT2D eigenvalue weighted by molar-refractivity contribution is 8.16. The van der Waals surface area contributed by atoms with Gasteiger partial charge in [-0.2, -0.15) is 0 Å². The molecule has 10 heavy (non-hydrogen) atoms. The summed E-state index contributed by atoms with van der Waals surface area (Å²) in [7, 11) is 1.72. The predicted octanol–water partition coefficient (Wildman–Crippen LogP) is 2.01. The third kappa shape index (κ3) is 1.99. The van der Waals surface area contributed by atoms with Crippen LogP contribution in [-0.2, 0) is 9.05 Å². The van der Waals surface area contributed by atoms with Crippen molar-refractivity contribution >= 4 is 19.7 Å². The Bertz CT molecular complexity index is 240. The first kappa shape index (κ1) is 8.08. The Morgan fingerprint density at radius 2 is 2.10 bits per heavy atom. The molecule has 0 bridgehead atoms. The number of halogens is 1. The third-order valence-electron chi connectivity index (χ3n) is 1.56. The van der Waals surface area contributed by atoms with Crippen molar-refractivity contribution in [3.05, 3.63) is 11.0 Å². The Hall–Kier alpha value is -0.0200. The van der Waals surface area contributed by atoms with Gasteiger partial charge in [0.15, 0.2) is 0 Å². The molecular formula is C6H9ClO2S. The molecule has 0 spiro atoms. The van der Waals surface area contributed by atoms with Gasteiger partial charge in [0.1, 0.15) is 0 Å². The highest BCUT2D eigenvalue weighted by Crippen LogP contribution is 2.24. The van der Waals surface area contributed by atoms with Crippen LogP contribution in [0.4, 0.5) is 0 Å². The van der Waals surface area contributed by atoms with E-state index in [9.17, 15) is 8.42 Å². The van der Waals surface area contributed by atoms with Crippen LogP contribution in [0, 0.1) is 0 Å². The largest absolute Gasteiger partial charge is 0.257 e. The second kappa shape index (κ2) is 2.93. The topological polar surface area (TPSA) is 34.1 Å². The van der Waals surface area contributed by atoms with Crippen molar-refractivity contribution in [2.75, 3.05) is 0 Å². The number of hydrogen-bond donors (Lipinski definition) is 0. The van der Waals surface area contributed by atoms with Crippen molar-refractivity contribution in [2.45, 2.75) is 25.7 Å². The molecule has 4 heteroatoms. The lowest BCUT2D eigenvalue weighted by molar-refractivity contribution is 0.608. The molecule has 0 amide bonds. The lowest BCUT2D eigenvalue weighted by Crippen LogP contribution is -1.99. The van der Waals surface area contributed by atoms with Gasteiger partial charge in [0.05, 0.1) is 4.91 Å². The molecule has 0 aliphatic heterocycles. The number of allylic oxidation sites excluding steroid dienone is 2. The zero-order valence-electron chi connectivity index (χ0n) is 5.51. The molecule has 0 radical (unpaired) electrons. The van der Waals surface area contributed by atoms with Gasteiger partial charge in [-0.25, -0.2) is 8.42 Å². The van der Waals surface area contributed by atoms with E-state index in [1.807, 2.05) is 0 Å². The van der Waals surface area contributed by atoms with E-state index in [0.717, 1.165) is 19.3 Å². The van der Waals surface area contributed by atoms with Crippen LogP contribution < -0.4 is 0 Å². The summed E-state index contributed by atoms with van der Waals surface area (Å²) in [5, 5.41) is 0. The Kier molecular flexibility index (Phi) is 2.36. The van der Waals surface area contributed by atoms with Crippen molar-refractivity contribution in [1.82, 2.24) is 0 Å². The fourth-order valence-electron chi connectivity index (χ4n) is 1.03. The van der Waals surface area contributed by atoms with Gasteiger partial charge < -0.3 is 0 Å². The van der Waals surface area contributed by atoms with Gasteiger partial charge in [0.25, 0.3) is 9.05 Å². The number of hydrogen-bond acceptors (Lipinski definition) is 2. The highest BCUT2D eigenvalue weighted by Gasteiger charge is 2.15. The summed E-state index contributed by atoms with van der Waals surface area (Å²) in [5.41, 5.74) is 0. The SMILES string of the molecule is O=S(=O)(Cl)C1=CCCCC1. The molecule has 0 aromatic heterocycles. The smallest absolute Gasteiger partial charge is 0.207 e. The molecule has 0 aromatic rings. The molecule has 2 nitrogen and oxygen atoms in total. The van der Waals surface area contributed by atoms with Crippen LogP contribution in [0.15, 0.2) is 11.0 Å². The van der Waals surface area contributed by atoms with Gasteiger partial charge in [0.2, 0.25) is 0 Å². The first-order chi connectivity index (χ1) is 4.61. The average Bonchev–Trinajstić information content (AvgIpc) is 1.88. The van der Waals surface area contributed by atoms with E-state index in [1.165, 1.54) is 0 Å². The van der Waals surface area contributed by atoms with E-state index in [0.29, 0.717) is 11.3 Å². The molecule has 0 fully saturated rings. The molecule has 58 valence electrons. The average molecular weight is 181 g/mol. The molecule has 1 aliphatic carbocycles.